The molecule has 1 fully saturated rings. The van der Waals surface area contributed by atoms with Crippen LogP contribution in [0.25, 0.3) is 6.08 Å². The number of anilines is 1. The molecule has 0 radical (unpaired) electrons. The summed E-state index contributed by atoms with van der Waals surface area (Å²) in [5, 5.41) is 5.13. The van der Waals surface area contributed by atoms with E-state index in [0.717, 1.165) is 4.90 Å². The van der Waals surface area contributed by atoms with Crippen molar-refractivity contribution in [1.29, 1.82) is 0 Å². The van der Waals surface area contributed by atoms with Crippen molar-refractivity contribution >= 4 is 45.5 Å². The molecule has 1 saturated heterocycles. The number of nitrogens with one attached hydrogen (secondary N) is 2. The Morgan fingerprint density at radius 3 is 2.53 bits per heavy atom. The third-order valence-electron chi connectivity index (χ3n) is 5.51. The molecule has 38 heavy (non-hydrogen) atoms. The first kappa shape index (κ1) is 26.7. The van der Waals surface area contributed by atoms with Crippen LogP contribution in [0.2, 0.25) is 0 Å². The lowest BCUT2D eigenvalue weighted by Gasteiger charge is -2.14. The van der Waals surface area contributed by atoms with E-state index in [1.54, 1.807) is 48.5 Å². The second-order valence-electron chi connectivity index (χ2n) is 8.07. The van der Waals surface area contributed by atoms with Gasteiger partial charge < -0.3 is 24.8 Å². The molecule has 1 aliphatic heterocycles. The molecule has 3 aromatic carbocycles. The number of carbonyl (C=O) groups is 3. The maximum atomic E-state index is 13.5. The maximum absolute atomic E-state index is 13.5. The second kappa shape index (κ2) is 11.8. The van der Waals surface area contributed by atoms with Gasteiger partial charge in [-0.15, -0.1) is 0 Å². The molecule has 196 valence electrons. The van der Waals surface area contributed by atoms with Crippen molar-refractivity contribution in [1.82, 2.24) is 10.2 Å². The quantitative estimate of drug-likeness (QED) is 0.279. The molecular weight excluding hydrogens is 561 g/mol. The van der Waals surface area contributed by atoms with Gasteiger partial charge in [-0.3, -0.25) is 9.59 Å². The van der Waals surface area contributed by atoms with E-state index in [9.17, 15) is 18.8 Å². The van der Waals surface area contributed by atoms with Crippen molar-refractivity contribution in [3.05, 3.63) is 87.8 Å². The zero-order valence-corrected chi connectivity index (χ0v) is 22.0. The van der Waals surface area contributed by atoms with Crippen LogP contribution in [-0.4, -0.2) is 43.5 Å². The van der Waals surface area contributed by atoms with Gasteiger partial charge in [0.25, 0.3) is 5.91 Å². The van der Waals surface area contributed by atoms with E-state index in [1.807, 2.05) is 0 Å². The second-order valence-corrected chi connectivity index (χ2v) is 8.93. The van der Waals surface area contributed by atoms with Gasteiger partial charge in [-0.2, -0.15) is 0 Å². The highest BCUT2D eigenvalue weighted by Crippen LogP contribution is 2.35. The molecule has 0 aromatic heterocycles. The number of amides is 4. The van der Waals surface area contributed by atoms with E-state index in [2.05, 4.69) is 26.6 Å². The van der Waals surface area contributed by atoms with E-state index in [1.165, 1.54) is 32.4 Å². The van der Waals surface area contributed by atoms with Crippen LogP contribution in [0, 0.1) is 5.82 Å². The van der Waals surface area contributed by atoms with Gasteiger partial charge in [0.2, 0.25) is 5.91 Å². The summed E-state index contributed by atoms with van der Waals surface area (Å²) in [4.78, 5) is 38.7. The lowest BCUT2D eigenvalue weighted by atomic mass is 10.1. The van der Waals surface area contributed by atoms with Crippen molar-refractivity contribution in [3.63, 3.8) is 0 Å². The highest BCUT2D eigenvalue weighted by molar-refractivity contribution is 9.10. The van der Waals surface area contributed by atoms with Gasteiger partial charge in [-0.05, 0) is 53.6 Å². The minimum Gasteiger partial charge on any atom is -0.495 e. The number of methoxy groups -OCH3 is 2. The van der Waals surface area contributed by atoms with Crippen molar-refractivity contribution in [2.24, 2.45) is 0 Å². The molecule has 0 bridgehead atoms. The number of ether oxygens (including phenoxy) is 3. The number of imide groups is 1. The molecule has 1 heterocycles. The number of benzene rings is 3. The average molecular weight is 584 g/mol. The Labute approximate surface area is 226 Å². The van der Waals surface area contributed by atoms with Crippen LogP contribution in [0.15, 0.2) is 70.8 Å². The zero-order valence-electron chi connectivity index (χ0n) is 20.4. The third-order valence-corrected chi connectivity index (χ3v) is 6.20. The van der Waals surface area contributed by atoms with Crippen molar-refractivity contribution < 1.29 is 33.0 Å². The Bertz CT molecular complexity index is 1430. The number of hydrogen-bond donors (Lipinski definition) is 2. The van der Waals surface area contributed by atoms with Crippen LogP contribution in [0.3, 0.4) is 0 Å². The largest absolute Gasteiger partial charge is 0.495 e. The van der Waals surface area contributed by atoms with Crippen molar-refractivity contribution in [2.75, 3.05) is 26.1 Å². The molecule has 0 atom stereocenters. The van der Waals surface area contributed by atoms with E-state index in [0.29, 0.717) is 38.5 Å². The normalized spacial score (nSPS) is 13.9. The summed E-state index contributed by atoms with van der Waals surface area (Å²) < 4.78 is 30.4. The zero-order chi connectivity index (χ0) is 27.2. The van der Waals surface area contributed by atoms with Crippen molar-refractivity contribution in [3.8, 4) is 17.2 Å². The third kappa shape index (κ3) is 6.12. The smallest absolute Gasteiger partial charge is 0.329 e. The predicted octanol–water partition coefficient (Wildman–Crippen LogP) is 4.72. The number of urea groups is 1. The highest BCUT2D eigenvalue weighted by Gasteiger charge is 2.35. The Balaban J connectivity index is 1.47. The van der Waals surface area contributed by atoms with Crippen LogP contribution in [0.5, 0.6) is 17.2 Å². The molecule has 0 spiro atoms. The first-order valence-electron chi connectivity index (χ1n) is 11.3. The van der Waals surface area contributed by atoms with Gasteiger partial charge >= 0.3 is 6.03 Å². The van der Waals surface area contributed by atoms with Gasteiger partial charge in [0.05, 0.1) is 19.9 Å². The first-order valence-corrected chi connectivity index (χ1v) is 12.1. The van der Waals surface area contributed by atoms with Gasteiger partial charge in [0.1, 0.15) is 30.4 Å². The standard InChI is InChI=1S/C27H23BrFN3O6/c1-36-22-9-4-3-8-20(22)30-25(33)14-32-26(34)21(31-27(32)35)11-17-12-23(37-2)24(13-19(17)28)38-15-16-6-5-7-18(29)10-16/h3-13H,14-15H2,1-2H3,(H,30,33)(H,31,35)/b21-11+. The molecule has 1 aliphatic rings. The fourth-order valence-electron chi connectivity index (χ4n) is 3.67. The summed E-state index contributed by atoms with van der Waals surface area (Å²) in [6, 6.07) is 15.4. The Morgan fingerprint density at radius 1 is 1.03 bits per heavy atom. The summed E-state index contributed by atoms with van der Waals surface area (Å²) in [5.41, 5.74) is 1.56. The lowest BCUT2D eigenvalue weighted by Crippen LogP contribution is -2.38. The Kier molecular flexibility index (Phi) is 8.27. The number of carbonyl (C=O) groups excluding carboxylic acids is 3. The first-order chi connectivity index (χ1) is 18.3. The Hall–Kier alpha value is -4.38. The van der Waals surface area contributed by atoms with Crippen LogP contribution in [-0.2, 0) is 16.2 Å². The molecule has 2 N–H and O–H groups in total. The fraction of sp³-hybridized carbons (Fsp3) is 0.148. The summed E-state index contributed by atoms with van der Waals surface area (Å²) in [7, 11) is 2.93. The van der Waals surface area contributed by atoms with E-state index in [-0.39, 0.29) is 18.1 Å². The molecule has 0 unspecified atom stereocenters. The van der Waals surface area contributed by atoms with Crippen LogP contribution in [0.4, 0.5) is 14.9 Å². The van der Waals surface area contributed by atoms with Gasteiger partial charge in [0, 0.05) is 4.47 Å². The number of hydrogen-bond acceptors (Lipinski definition) is 6. The SMILES string of the molecule is COc1ccccc1NC(=O)CN1C(=O)N/C(=C/c2cc(OC)c(OCc3cccc(F)c3)cc2Br)C1=O. The maximum Gasteiger partial charge on any atom is 0.329 e. The molecule has 0 aliphatic carbocycles. The highest BCUT2D eigenvalue weighted by atomic mass is 79.9. The molecule has 4 amide bonds. The molecule has 11 heteroatoms. The van der Waals surface area contributed by atoms with Crippen LogP contribution < -0.4 is 24.8 Å². The summed E-state index contributed by atoms with van der Waals surface area (Å²) >= 11 is 3.44. The summed E-state index contributed by atoms with van der Waals surface area (Å²) in [6.45, 7) is -0.376. The number of para-hydroxylation sites is 2. The summed E-state index contributed by atoms with van der Waals surface area (Å²) in [6.07, 6.45) is 1.46. The Morgan fingerprint density at radius 2 is 1.79 bits per heavy atom. The number of nitrogens with zero attached hydrogens (tertiary/aromatic N) is 1. The van der Waals surface area contributed by atoms with Crippen LogP contribution in [0.1, 0.15) is 11.1 Å². The molecular formula is C27H23BrFN3O6. The van der Waals surface area contributed by atoms with E-state index < -0.39 is 24.4 Å². The van der Waals surface area contributed by atoms with E-state index in [4.69, 9.17) is 14.2 Å². The molecule has 0 saturated carbocycles. The van der Waals surface area contributed by atoms with Crippen molar-refractivity contribution in [2.45, 2.75) is 6.61 Å². The molecule has 3 aromatic rings. The number of halogens is 2. The minimum atomic E-state index is -0.727. The van der Waals surface area contributed by atoms with Gasteiger partial charge in [-0.25, -0.2) is 14.1 Å². The molecule has 4 rings (SSSR count). The van der Waals surface area contributed by atoms with Gasteiger partial charge in [0.15, 0.2) is 11.5 Å². The lowest BCUT2D eigenvalue weighted by molar-refractivity contribution is -0.127. The average Bonchev–Trinajstić information content (AvgIpc) is 3.16. The minimum absolute atomic E-state index is 0.0173. The topological polar surface area (TPSA) is 106 Å². The monoisotopic (exact) mass is 583 g/mol. The van der Waals surface area contributed by atoms with Gasteiger partial charge in [-0.1, -0.05) is 40.2 Å². The molecule has 9 nitrogen and oxygen atoms in total. The fourth-order valence-corrected chi connectivity index (χ4v) is 4.11. The van der Waals surface area contributed by atoms with Crippen LogP contribution >= 0.6 is 15.9 Å². The van der Waals surface area contributed by atoms with E-state index >= 15 is 0 Å². The summed E-state index contributed by atoms with van der Waals surface area (Å²) in [5.74, 6) is -0.399. The predicted molar refractivity (Wildman–Crippen MR) is 141 cm³/mol. The number of rotatable bonds is 9.